The summed E-state index contributed by atoms with van der Waals surface area (Å²) in [5, 5.41) is 11.3. The number of nitrogens with one attached hydrogen (secondary N) is 1. The van der Waals surface area contributed by atoms with Crippen molar-refractivity contribution in [3.8, 4) is 11.5 Å². The molecule has 0 radical (unpaired) electrons. The number of hydrogen-bond donors (Lipinski definition) is 1. The minimum Gasteiger partial charge on any atom is -0.457 e. The van der Waals surface area contributed by atoms with Crippen molar-refractivity contribution in [2.24, 2.45) is 0 Å². The van der Waals surface area contributed by atoms with Crippen LogP contribution in [0.2, 0.25) is 0 Å². The average molecular weight is 414 g/mol. The largest absolute Gasteiger partial charge is 0.457 e. The van der Waals surface area contributed by atoms with Gasteiger partial charge >= 0.3 is 0 Å². The van der Waals surface area contributed by atoms with Gasteiger partial charge in [-0.05, 0) is 37.3 Å². The van der Waals surface area contributed by atoms with Crippen LogP contribution in [0.4, 0.5) is 0 Å². The molecule has 1 amide bonds. The Bertz CT molecular complexity index is 1270. The maximum absolute atomic E-state index is 12.5. The van der Waals surface area contributed by atoms with Crippen LogP contribution in [0, 0.1) is 6.92 Å². The van der Waals surface area contributed by atoms with Gasteiger partial charge in [0, 0.05) is 18.5 Å². The first kappa shape index (κ1) is 20.3. The number of ether oxygens (including phenoxy) is 1. The number of benzene rings is 3. The quantitative estimate of drug-likeness (QED) is 0.499. The van der Waals surface area contributed by atoms with Crippen LogP contribution in [0.5, 0.6) is 11.5 Å². The van der Waals surface area contributed by atoms with Gasteiger partial charge in [-0.1, -0.05) is 53.2 Å². The summed E-state index contributed by atoms with van der Waals surface area (Å²) in [7, 11) is 0. The SMILES string of the molecule is Cc1ccc(Oc2ccccc2CNC(=O)CCn2nnc3ccccc3c2=O)cc1. The molecule has 3 aromatic carbocycles. The van der Waals surface area contributed by atoms with Crippen molar-refractivity contribution in [3.63, 3.8) is 0 Å². The Morgan fingerprint density at radius 2 is 1.74 bits per heavy atom. The van der Waals surface area contributed by atoms with Gasteiger partial charge < -0.3 is 10.1 Å². The van der Waals surface area contributed by atoms with Gasteiger partial charge in [0.15, 0.2) is 0 Å². The molecule has 1 heterocycles. The number of carbonyl (C=O) groups excluding carboxylic acids is 1. The van der Waals surface area contributed by atoms with Crippen LogP contribution in [-0.2, 0) is 17.9 Å². The van der Waals surface area contributed by atoms with Crippen molar-refractivity contribution in [2.75, 3.05) is 0 Å². The lowest BCUT2D eigenvalue weighted by molar-refractivity contribution is -0.121. The number of fused-ring (bicyclic) bond motifs is 1. The second-order valence-corrected chi connectivity index (χ2v) is 7.18. The van der Waals surface area contributed by atoms with Crippen molar-refractivity contribution in [1.29, 1.82) is 0 Å². The van der Waals surface area contributed by atoms with Gasteiger partial charge in [-0.2, -0.15) is 0 Å². The van der Waals surface area contributed by atoms with Crippen molar-refractivity contribution in [1.82, 2.24) is 20.3 Å². The fourth-order valence-electron chi connectivity index (χ4n) is 3.14. The van der Waals surface area contributed by atoms with Crippen LogP contribution in [0.3, 0.4) is 0 Å². The molecular formula is C24H22N4O3. The lowest BCUT2D eigenvalue weighted by atomic mass is 10.2. The third-order valence-electron chi connectivity index (χ3n) is 4.88. The van der Waals surface area contributed by atoms with Gasteiger partial charge in [-0.25, -0.2) is 4.68 Å². The van der Waals surface area contributed by atoms with Gasteiger partial charge in [0.25, 0.3) is 5.56 Å². The molecule has 0 atom stereocenters. The molecule has 0 spiro atoms. The van der Waals surface area contributed by atoms with Crippen molar-refractivity contribution < 1.29 is 9.53 Å². The Hall–Kier alpha value is -4.00. The van der Waals surface area contributed by atoms with E-state index in [0.717, 1.165) is 16.9 Å². The first-order valence-electron chi connectivity index (χ1n) is 10.0. The van der Waals surface area contributed by atoms with Gasteiger partial charge in [-0.3, -0.25) is 9.59 Å². The Kier molecular flexibility index (Phi) is 6.03. The molecule has 7 heteroatoms. The highest BCUT2D eigenvalue weighted by Gasteiger charge is 2.09. The zero-order valence-corrected chi connectivity index (χ0v) is 17.1. The highest BCUT2D eigenvalue weighted by Crippen LogP contribution is 2.25. The van der Waals surface area contributed by atoms with Crippen LogP contribution in [-0.4, -0.2) is 20.9 Å². The Balaban J connectivity index is 1.37. The molecule has 0 aliphatic heterocycles. The second-order valence-electron chi connectivity index (χ2n) is 7.18. The summed E-state index contributed by atoms with van der Waals surface area (Å²) >= 11 is 0. The van der Waals surface area contributed by atoms with E-state index in [-0.39, 0.29) is 24.4 Å². The minimum atomic E-state index is -0.254. The number of amides is 1. The predicted molar refractivity (Wildman–Crippen MR) is 118 cm³/mol. The lowest BCUT2D eigenvalue weighted by Crippen LogP contribution is -2.29. The molecular weight excluding hydrogens is 392 g/mol. The molecule has 0 saturated heterocycles. The molecule has 31 heavy (non-hydrogen) atoms. The number of aromatic nitrogens is 3. The van der Waals surface area contributed by atoms with E-state index in [1.807, 2.05) is 55.5 Å². The first-order chi connectivity index (χ1) is 15.1. The molecule has 0 saturated carbocycles. The van der Waals surface area contributed by atoms with E-state index in [0.29, 0.717) is 23.2 Å². The zero-order chi connectivity index (χ0) is 21.6. The van der Waals surface area contributed by atoms with Gasteiger partial charge in [0.05, 0.1) is 11.9 Å². The van der Waals surface area contributed by atoms with E-state index in [1.165, 1.54) is 4.68 Å². The molecule has 156 valence electrons. The van der Waals surface area contributed by atoms with Crippen molar-refractivity contribution in [2.45, 2.75) is 26.4 Å². The number of para-hydroxylation sites is 1. The van der Waals surface area contributed by atoms with Crippen LogP contribution in [0.1, 0.15) is 17.5 Å². The molecule has 0 aliphatic rings. The molecule has 1 N–H and O–H groups in total. The fraction of sp³-hybridized carbons (Fsp3) is 0.167. The summed E-state index contributed by atoms with van der Waals surface area (Å²) in [6, 6.07) is 22.4. The maximum atomic E-state index is 12.5. The van der Waals surface area contributed by atoms with E-state index in [9.17, 15) is 9.59 Å². The molecule has 4 rings (SSSR count). The Labute approximate surface area is 179 Å². The molecule has 0 aliphatic carbocycles. The Morgan fingerprint density at radius 3 is 2.58 bits per heavy atom. The van der Waals surface area contributed by atoms with E-state index >= 15 is 0 Å². The lowest BCUT2D eigenvalue weighted by Gasteiger charge is -2.12. The van der Waals surface area contributed by atoms with Crippen LogP contribution >= 0.6 is 0 Å². The summed E-state index contributed by atoms with van der Waals surface area (Å²) < 4.78 is 7.19. The van der Waals surface area contributed by atoms with Gasteiger partial charge in [0.2, 0.25) is 5.91 Å². The van der Waals surface area contributed by atoms with Gasteiger partial charge in [0.1, 0.15) is 17.0 Å². The van der Waals surface area contributed by atoms with Gasteiger partial charge in [-0.15, -0.1) is 5.10 Å². The van der Waals surface area contributed by atoms with E-state index in [1.54, 1.807) is 24.3 Å². The smallest absolute Gasteiger partial charge is 0.277 e. The predicted octanol–water partition coefficient (Wildman–Crippen LogP) is 3.60. The van der Waals surface area contributed by atoms with E-state index in [2.05, 4.69) is 15.6 Å². The Morgan fingerprint density at radius 1 is 1.00 bits per heavy atom. The summed E-state index contributed by atoms with van der Waals surface area (Å²) in [5.41, 5.74) is 2.30. The average Bonchev–Trinajstić information content (AvgIpc) is 2.80. The summed E-state index contributed by atoms with van der Waals surface area (Å²) in [6.07, 6.45) is 0.119. The molecule has 7 nitrogen and oxygen atoms in total. The number of aryl methyl sites for hydroxylation is 2. The maximum Gasteiger partial charge on any atom is 0.277 e. The standard InChI is InChI=1S/C24H22N4O3/c1-17-10-12-19(13-11-17)31-22-9-5-2-6-18(22)16-25-23(29)14-15-28-24(30)20-7-3-4-8-21(20)26-27-28/h2-13H,14-16H2,1H3,(H,25,29). The van der Waals surface area contributed by atoms with Crippen LogP contribution in [0.15, 0.2) is 77.6 Å². The highest BCUT2D eigenvalue weighted by atomic mass is 16.5. The van der Waals surface area contributed by atoms with Crippen molar-refractivity contribution >= 4 is 16.8 Å². The minimum absolute atomic E-state index is 0.119. The molecule has 0 bridgehead atoms. The number of nitrogens with zero attached hydrogens (tertiary/aromatic N) is 3. The normalized spacial score (nSPS) is 10.7. The topological polar surface area (TPSA) is 86.1 Å². The fourth-order valence-corrected chi connectivity index (χ4v) is 3.14. The van der Waals surface area contributed by atoms with Crippen molar-refractivity contribution in [3.05, 3.63) is 94.3 Å². The van der Waals surface area contributed by atoms with E-state index < -0.39 is 0 Å². The van der Waals surface area contributed by atoms with E-state index in [4.69, 9.17) is 4.74 Å². The summed E-state index contributed by atoms with van der Waals surface area (Å²) in [6.45, 7) is 2.49. The molecule has 1 aromatic heterocycles. The molecule has 0 unspecified atom stereocenters. The number of carbonyl (C=O) groups is 1. The molecule has 4 aromatic rings. The number of rotatable bonds is 7. The van der Waals surface area contributed by atoms with Crippen LogP contribution < -0.4 is 15.6 Å². The third kappa shape index (κ3) is 4.95. The second kappa shape index (κ2) is 9.21. The third-order valence-corrected chi connectivity index (χ3v) is 4.88. The number of hydrogen-bond acceptors (Lipinski definition) is 5. The summed E-state index contributed by atoms with van der Waals surface area (Å²) in [5.74, 6) is 1.23. The monoisotopic (exact) mass is 414 g/mol. The highest BCUT2D eigenvalue weighted by molar-refractivity contribution is 5.77. The first-order valence-corrected chi connectivity index (χ1v) is 10.0. The van der Waals surface area contributed by atoms with Crippen LogP contribution in [0.25, 0.3) is 10.9 Å². The summed E-state index contributed by atoms with van der Waals surface area (Å²) in [4.78, 5) is 24.8. The zero-order valence-electron chi connectivity index (χ0n) is 17.1. The molecule has 0 fully saturated rings.